The number of aromatic nitrogens is 2. The first-order chi connectivity index (χ1) is 20.4. The van der Waals surface area contributed by atoms with Crippen LogP contribution in [0.5, 0.6) is 0 Å². The molecule has 2 aromatic heterocycles. The molecule has 8 heteroatoms. The zero-order chi connectivity index (χ0) is 29.0. The van der Waals surface area contributed by atoms with Crippen LogP contribution in [-0.2, 0) is 0 Å². The van der Waals surface area contributed by atoms with Gasteiger partial charge < -0.3 is 0 Å². The predicted octanol–water partition coefficient (Wildman–Crippen LogP) is 10.2. The molecule has 0 spiro atoms. The molecule has 0 fully saturated rings. The lowest BCUT2D eigenvalue weighted by Gasteiger charge is -2.10. The van der Waals surface area contributed by atoms with Gasteiger partial charge in [-0.15, -0.1) is 11.3 Å². The molecule has 42 heavy (non-hydrogen) atoms. The van der Waals surface area contributed by atoms with Crippen molar-refractivity contribution in [1.82, 2.24) is 9.97 Å². The van der Waals surface area contributed by atoms with E-state index in [-0.39, 0.29) is 5.56 Å². The van der Waals surface area contributed by atoms with Crippen molar-refractivity contribution in [1.29, 1.82) is 0 Å². The third-order valence-corrected chi connectivity index (χ3v) is 8.25. The number of rotatable bonds is 4. The minimum Gasteiger partial charge on any atom is -0.236 e. The maximum absolute atomic E-state index is 14.3. The second kappa shape index (κ2) is 10.2. The summed E-state index contributed by atoms with van der Waals surface area (Å²) < 4.78 is 70.3. The molecule has 2 nitrogen and oxygen atoms in total. The molecule has 0 bridgehead atoms. The lowest BCUT2D eigenvalue weighted by Crippen LogP contribution is -2.03. The van der Waals surface area contributed by atoms with Crippen LogP contribution < -0.4 is 0 Å². The molecule has 7 aromatic rings. The van der Waals surface area contributed by atoms with E-state index in [1.165, 1.54) is 12.1 Å². The summed E-state index contributed by atoms with van der Waals surface area (Å²) in [5, 5.41) is 2.93. The van der Waals surface area contributed by atoms with E-state index in [1.54, 1.807) is 29.7 Å². The van der Waals surface area contributed by atoms with Gasteiger partial charge in [-0.3, -0.25) is 0 Å². The Morgan fingerprint density at radius 1 is 0.476 bits per heavy atom. The molecule has 0 aliphatic carbocycles. The number of hydrogen-bond acceptors (Lipinski definition) is 3. The molecule has 0 atom stereocenters. The Morgan fingerprint density at radius 3 is 1.50 bits per heavy atom. The van der Waals surface area contributed by atoms with E-state index in [1.807, 2.05) is 42.5 Å². The molecule has 0 aliphatic rings. The number of benzene rings is 5. The summed E-state index contributed by atoms with van der Waals surface area (Å²) in [6, 6.07) is 30.0. The number of pyridine rings is 1. The maximum atomic E-state index is 14.3. The highest BCUT2D eigenvalue weighted by molar-refractivity contribution is 7.21. The zero-order valence-corrected chi connectivity index (χ0v) is 22.3. The fraction of sp³-hybridized carbons (Fsp3) is 0. The molecule has 0 N–H and O–H groups in total. The summed E-state index contributed by atoms with van der Waals surface area (Å²) >= 11 is 1.61. The summed E-state index contributed by atoms with van der Waals surface area (Å²) in [7, 11) is 0. The smallest absolute Gasteiger partial charge is 0.200 e. The van der Waals surface area contributed by atoms with Gasteiger partial charge in [0.15, 0.2) is 28.9 Å². The molecular weight excluding hydrogens is 563 g/mol. The van der Waals surface area contributed by atoms with Crippen LogP contribution in [0.3, 0.4) is 0 Å². The Hall–Kier alpha value is -4.95. The topological polar surface area (TPSA) is 25.8 Å². The van der Waals surface area contributed by atoms with Crippen LogP contribution in [0.1, 0.15) is 0 Å². The molecule has 0 radical (unpaired) electrons. The Labute approximate surface area is 240 Å². The summed E-state index contributed by atoms with van der Waals surface area (Å²) in [4.78, 5) is 8.94. The highest BCUT2D eigenvalue weighted by Crippen LogP contribution is 2.35. The fourth-order valence-electron chi connectivity index (χ4n) is 4.99. The first kappa shape index (κ1) is 26.0. The van der Waals surface area contributed by atoms with Crippen LogP contribution in [0.15, 0.2) is 103 Å². The molecule has 0 amide bonds. The van der Waals surface area contributed by atoms with Crippen molar-refractivity contribution >= 4 is 32.5 Å². The number of nitrogens with zero attached hydrogens (tertiary/aromatic N) is 2. The summed E-state index contributed by atoms with van der Waals surface area (Å²) in [5.74, 6) is -9.83. The van der Waals surface area contributed by atoms with Crippen LogP contribution in [0.2, 0.25) is 0 Å². The third-order valence-electron chi connectivity index (χ3n) is 7.19. The Kier molecular flexibility index (Phi) is 6.28. The standard InChI is InChI=1S/C34H17F5N2S/c35-28-27(29(36)31(38)32(39)30(28)37)20-7-3-18(4-8-20)22-11-13-25-17-23(12-14-24(25)16-22)19-5-9-21(10-6-19)34-41-33-26(42-34)2-1-15-40-33/h1-17H. The average Bonchev–Trinajstić information content (AvgIpc) is 3.47. The predicted molar refractivity (Wildman–Crippen MR) is 156 cm³/mol. The van der Waals surface area contributed by atoms with Crippen molar-refractivity contribution in [2.45, 2.75) is 0 Å². The minimum atomic E-state index is -2.18. The zero-order valence-electron chi connectivity index (χ0n) is 21.5. The van der Waals surface area contributed by atoms with Gasteiger partial charge in [0.2, 0.25) is 5.82 Å². The van der Waals surface area contributed by atoms with E-state index >= 15 is 0 Å². The van der Waals surface area contributed by atoms with Gasteiger partial charge in [0.05, 0.1) is 10.3 Å². The van der Waals surface area contributed by atoms with Crippen LogP contribution in [-0.4, -0.2) is 9.97 Å². The van der Waals surface area contributed by atoms with Crippen LogP contribution in [0.4, 0.5) is 22.0 Å². The van der Waals surface area contributed by atoms with E-state index in [0.717, 1.165) is 53.9 Å². The van der Waals surface area contributed by atoms with Crippen molar-refractivity contribution in [2.75, 3.05) is 0 Å². The van der Waals surface area contributed by atoms with Gasteiger partial charge in [-0.25, -0.2) is 31.9 Å². The van der Waals surface area contributed by atoms with Gasteiger partial charge in [-0.2, -0.15) is 0 Å². The number of thiazole rings is 1. The monoisotopic (exact) mass is 580 g/mol. The number of halogens is 5. The Balaban J connectivity index is 1.15. The van der Waals surface area contributed by atoms with Crippen molar-refractivity contribution in [3.8, 4) is 44.0 Å². The first-order valence-corrected chi connectivity index (χ1v) is 13.7. The van der Waals surface area contributed by atoms with E-state index < -0.39 is 34.6 Å². The molecule has 0 saturated carbocycles. The van der Waals surface area contributed by atoms with E-state index in [9.17, 15) is 22.0 Å². The lowest BCUT2D eigenvalue weighted by molar-refractivity contribution is 0.381. The van der Waals surface area contributed by atoms with E-state index in [4.69, 9.17) is 0 Å². The van der Waals surface area contributed by atoms with Gasteiger partial charge in [0, 0.05) is 11.8 Å². The van der Waals surface area contributed by atoms with Gasteiger partial charge in [0.25, 0.3) is 0 Å². The summed E-state index contributed by atoms with van der Waals surface area (Å²) in [6.07, 6.45) is 1.74. The second-order valence-corrected chi connectivity index (χ2v) is 10.8. The quantitative estimate of drug-likeness (QED) is 0.118. The highest BCUT2D eigenvalue weighted by atomic mass is 32.1. The van der Waals surface area contributed by atoms with Crippen LogP contribution >= 0.6 is 11.3 Å². The van der Waals surface area contributed by atoms with Crippen LogP contribution in [0, 0.1) is 29.1 Å². The van der Waals surface area contributed by atoms with Crippen molar-refractivity contribution in [3.63, 3.8) is 0 Å². The summed E-state index contributed by atoms with van der Waals surface area (Å²) in [6.45, 7) is 0. The Bertz CT molecular complexity index is 2080. The maximum Gasteiger partial charge on any atom is 0.200 e. The summed E-state index contributed by atoms with van der Waals surface area (Å²) in [5.41, 5.74) is 4.40. The normalized spacial score (nSPS) is 11.5. The molecule has 5 aromatic carbocycles. The van der Waals surface area contributed by atoms with Gasteiger partial charge in [-0.05, 0) is 62.9 Å². The fourth-order valence-corrected chi connectivity index (χ4v) is 5.92. The molecule has 0 aliphatic heterocycles. The lowest BCUT2D eigenvalue weighted by atomic mass is 9.96. The van der Waals surface area contributed by atoms with Crippen LogP contribution in [0.25, 0.3) is 65.1 Å². The van der Waals surface area contributed by atoms with Crippen molar-refractivity contribution in [2.24, 2.45) is 0 Å². The van der Waals surface area contributed by atoms with E-state index in [0.29, 0.717) is 0 Å². The van der Waals surface area contributed by atoms with Gasteiger partial charge >= 0.3 is 0 Å². The minimum absolute atomic E-state index is 0.109. The number of hydrogen-bond donors (Lipinski definition) is 0. The number of fused-ring (bicyclic) bond motifs is 2. The van der Waals surface area contributed by atoms with Gasteiger partial charge in [-0.1, -0.05) is 72.8 Å². The largest absolute Gasteiger partial charge is 0.236 e. The highest BCUT2D eigenvalue weighted by Gasteiger charge is 2.26. The average molecular weight is 581 g/mol. The molecule has 0 saturated heterocycles. The van der Waals surface area contributed by atoms with Gasteiger partial charge in [0.1, 0.15) is 5.01 Å². The molecule has 204 valence electrons. The molecule has 7 rings (SSSR count). The Morgan fingerprint density at radius 2 is 0.952 bits per heavy atom. The van der Waals surface area contributed by atoms with Crippen molar-refractivity contribution < 1.29 is 22.0 Å². The van der Waals surface area contributed by atoms with Crippen molar-refractivity contribution in [3.05, 3.63) is 132 Å². The third kappa shape index (κ3) is 4.40. The molecular formula is C34H17F5N2S. The second-order valence-electron chi connectivity index (χ2n) is 9.72. The SMILES string of the molecule is Fc1c(F)c(F)c(-c2ccc(-c3ccc4cc(-c5ccc(-c6nc7ncccc7s6)cc5)ccc4c3)cc2)c(F)c1F. The molecule has 2 heterocycles. The van der Waals surface area contributed by atoms with E-state index in [2.05, 4.69) is 40.3 Å². The molecule has 0 unspecified atom stereocenters. The first-order valence-electron chi connectivity index (χ1n) is 12.9.